The molecule has 0 aliphatic heterocycles. The summed E-state index contributed by atoms with van der Waals surface area (Å²) in [6.45, 7) is 13.3. The first-order valence-corrected chi connectivity index (χ1v) is 10.9. The van der Waals surface area contributed by atoms with Gasteiger partial charge in [-0.2, -0.15) is 0 Å². The minimum absolute atomic E-state index is 0.0410. The zero-order valence-electron chi connectivity index (χ0n) is 13.0. The minimum Gasteiger partial charge on any atom is -0.399 e. The van der Waals surface area contributed by atoms with Crippen LogP contribution in [0.4, 0.5) is 5.69 Å². The number of rotatable bonds is 1. The van der Waals surface area contributed by atoms with Crippen molar-refractivity contribution in [2.24, 2.45) is 0 Å². The molecule has 0 aliphatic rings. The van der Waals surface area contributed by atoms with Gasteiger partial charge in [0.05, 0.1) is 0 Å². The molecule has 0 fully saturated rings. The predicted octanol–water partition coefficient (Wildman–Crippen LogP) is 3.89. The normalized spacial score (nSPS) is 11.5. The van der Waals surface area contributed by atoms with Crippen LogP contribution in [0.25, 0.3) is 0 Å². The van der Waals surface area contributed by atoms with Crippen LogP contribution >= 0.6 is 14.9 Å². The van der Waals surface area contributed by atoms with Crippen LogP contribution in [0.15, 0.2) is 18.2 Å². The Morgan fingerprint density at radius 1 is 1.11 bits per heavy atom. The average molecular weight is 302 g/mol. The molecule has 2 N–H and O–H groups in total. The van der Waals surface area contributed by atoms with Crippen molar-refractivity contribution in [3.8, 4) is 0 Å². The number of hydrogen-bond acceptors (Lipinski definition) is 3. The molecule has 0 radical (unpaired) electrons. The third-order valence-electron chi connectivity index (χ3n) is 2.43. The topological polar surface area (TPSA) is 60.2 Å². The van der Waals surface area contributed by atoms with Crippen molar-refractivity contribution in [1.29, 1.82) is 0 Å². The van der Waals surface area contributed by atoms with Crippen molar-refractivity contribution in [2.75, 3.05) is 32.4 Å². The number of anilines is 1. The summed E-state index contributed by atoms with van der Waals surface area (Å²) in [6.07, 6.45) is 0. The van der Waals surface area contributed by atoms with E-state index in [2.05, 4.69) is 20.8 Å². The van der Waals surface area contributed by atoms with Gasteiger partial charge in [-0.15, -0.1) is 0 Å². The Hall–Kier alpha value is -0.650. The van der Waals surface area contributed by atoms with E-state index in [1.807, 2.05) is 18.2 Å². The van der Waals surface area contributed by atoms with Crippen molar-refractivity contribution in [3.05, 3.63) is 23.8 Å². The van der Waals surface area contributed by atoms with Crippen LogP contribution in [-0.4, -0.2) is 26.7 Å². The lowest BCUT2D eigenvalue weighted by Crippen LogP contribution is -2.16. The first-order valence-electron chi connectivity index (χ1n) is 6.15. The second-order valence-electron chi connectivity index (χ2n) is 6.23. The molecule has 3 nitrogen and oxygen atoms in total. The summed E-state index contributed by atoms with van der Waals surface area (Å²) in [5.41, 5.74) is 7.71. The van der Waals surface area contributed by atoms with E-state index in [-0.39, 0.29) is 5.41 Å². The van der Waals surface area contributed by atoms with E-state index < -0.39 is 14.9 Å². The monoisotopic (exact) mass is 302 g/mol. The molecule has 1 aromatic rings. The summed E-state index contributed by atoms with van der Waals surface area (Å²) in [5, 5.41) is 0.868. The Kier molecular flexibility index (Phi) is 6.45. The predicted molar refractivity (Wildman–Crippen MR) is 88.1 cm³/mol. The summed E-state index contributed by atoms with van der Waals surface area (Å²) >= 11 is 0. The van der Waals surface area contributed by atoms with E-state index in [1.54, 1.807) is 26.7 Å². The second kappa shape index (κ2) is 6.68. The number of benzene rings is 1. The standard InChI is InChI=1S/C12H20NOP.C2H6OP/c1-12(2,3)9-6-10(13)8-11(7-9)15(4,5)14;1-4(2)3/h6-8H,13H2,1-5H3;1-2H3/q;+1. The summed E-state index contributed by atoms with van der Waals surface area (Å²) in [7, 11) is -3.09. The summed E-state index contributed by atoms with van der Waals surface area (Å²) in [5.74, 6) is 0. The van der Waals surface area contributed by atoms with Crippen LogP contribution in [0.2, 0.25) is 0 Å². The molecule has 0 spiro atoms. The quantitative estimate of drug-likeness (QED) is 0.632. The van der Waals surface area contributed by atoms with E-state index in [4.69, 9.17) is 5.73 Å². The van der Waals surface area contributed by atoms with Gasteiger partial charge in [-0.1, -0.05) is 25.3 Å². The molecule has 0 saturated heterocycles. The molecular formula is C14H26NO2P2+. The molecule has 1 rings (SSSR count). The molecule has 0 saturated carbocycles. The molecule has 108 valence electrons. The van der Waals surface area contributed by atoms with E-state index in [1.165, 1.54) is 0 Å². The summed E-state index contributed by atoms with van der Waals surface area (Å²) in [6, 6.07) is 5.78. The lowest BCUT2D eigenvalue weighted by atomic mass is 9.87. The molecule has 1 aromatic carbocycles. The zero-order valence-corrected chi connectivity index (χ0v) is 14.8. The molecule has 19 heavy (non-hydrogen) atoms. The van der Waals surface area contributed by atoms with E-state index >= 15 is 0 Å². The molecule has 5 heteroatoms. The minimum atomic E-state index is -2.22. The Morgan fingerprint density at radius 2 is 1.53 bits per heavy atom. The highest BCUT2D eigenvalue weighted by molar-refractivity contribution is 7.70. The summed E-state index contributed by atoms with van der Waals surface area (Å²) in [4.78, 5) is 0. The van der Waals surface area contributed by atoms with Gasteiger partial charge in [0.2, 0.25) is 0 Å². The maximum Gasteiger partial charge on any atom is 0.332 e. The van der Waals surface area contributed by atoms with Crippen molar-refractivity contribution in [1.82, 2.24) is 0 Å². The molecule has 0 aliphatic carbocycles. The van der Waals surface area contributed by atoms with E-state index in [0.717, 1.165) is 10.9 Å². The third-order valence-corrected chi connectivity index (χ3v) is 3.93. The lowest BCUT2D eigenvalue weighted by Gasteiger charge is -2.21. The van der Waals surface area contributed by atoms with Crippen molar-refractivity contribution in [3.63, 3.8) is 0 Å². The van der Waals surface area contributed by atoms with Gasteiger partial charge in [0.15, 0.2) is 0 Å². The van der Waals surface area contributed by atoms with Gasteiger partial charge < -0.3 is 10.3 Å². The van der Waals surface area contributed by atoms with Gasteiger partial charge in [-0.25, -0.2) is 0 Å². The molecule has 0 amide bonds. The number of nitrogens with two attached hydrogens (primary N) is 1. The van der Waals surface area contributed by atoms with Crippen molar-refractivity contribution < 1.29 is 9.13 Å². The van der Waals surface area contributed by atoms with Gasteiger partial charge in [0.1, 0.15) is 20.5 Å². The highest BCUT2D eigenvalue weighted by atomic mass is 31.2. The highest BCUT2D eigenvalue weighted by Gasteiger charge is 2.18. The Morgan fingerprint density at radius 3 is 1.84 bits per heavy atom. The molecular weight excluding hydrogens is 276 g/mol. The summed E-state index contributed by atoms with van der Waals surface area (Å²) < 4.78 is 21.6. The van der Waals surface area contributed by atoms with Crippen LogP contribution in [0.1, 0.15) is 26.3 Å². The molecule has 0 atom stereocenters. The first kappa shape index (κ1) is 18.4. The maximum atomic E-state index is 12.0. The van der Waals surface area contributed by atoms with Crippen molar-refractivity contribution in [2.45, 2.75) is 26.2 Å². The maximum absolute atomic E-state index is 12.0. The largest absolute Gasteiger partial charge is 0.399 e. The van der Waals surface area contributed by atoms with E-state index in [9.17, 15) is 9.13 Å². The molecule has 0 aromatic heterocycles. The molecule has 0 heterocycles. The fourth-order valence-electron chi connectivity index (χ4n) is 1.38. The van der Waals surface area contributed by atoms with Crippen LogP contribution in [0.3, 0.4) is 0 Å². The Labute approximate surface area is 118 Å². The fraction of sp³-hybridized carbons (Fsp3) is 0.571. The third kappa shape index (κ3) is 7.50. The number of nitrogen functional groups attached to an aromatic ring is 1. The average Bonchev–Trinajstić information content (AvgIpc) is 2.12. The van der Waals surface area contributed by atoms with Gasteiger partial charge in [0, 0.05) is 11.0 Å². The highest BCUT2D eigenvalue weighted by Crippen LogP contribution is 2.36. The molecule has 0 bridgehead atoms. The van der Waals surface area contributed by atoms with E-state index in [0.29, 0.717) is 5.69 Å². The van der Waals surface area contributed by atoms with Gasteiger partial charge >= 0.3 is 7.80 Å². The Balaban J connectivity index is 0.000000711. The van der Waals surface area contributed by atoms with Crippen LogP contribution in [-0.2, 0) is 14.5 Å². The lowest BCUT2D eigenvalue weighted by molar-refractivity contribution is 0.586. The fourth-order valence-corrected chi connectivity index (χ4v) is 2.29. The molecule has 0 unspecified atom stereocenters. The zero-order chi connectivity index (χ0) is 15.4. The SMILES string of the molecule is CC(C)(C)c1cc(N)cc(P(C)(C)=O)c1.C[P+](C)=O. The smallest absolute Gasteiger partial charge is 0.332 e. The van der Waals surface area contributed by atoms with Crippen LogP contribution in [0, 0.1) is 0 Å². The van der Waals surface area contributed by atoms with Gasteiger partial charge in [-0.05, 0) is 42.5 Å². The number of hydrogen-bond donors (Lipinski definition) is 1. The van der Waals surface area contributed by atoms with Crippen LogP contribution < -0.4 is 11.0 Å². The van der Waals surface area contributed by atoms with Gasteiger partial charge in [-0.3, -0.25) is 0 Å². The first-order chi connectivity index (χ1) is 8.34. The van der Waals surface area contributed by atoms with Crippen molar-refractivity contribution >= 4 is 25.9 Å². The van der Waals surface area contributed by atoms with Crippen LogP contribution in [0.5, 0.6) is 0 Å². The van der Waals surface area contributed by atoms with Gasteiger partial charge in [0.25, 0.3) is 0 Å². The second-order valence-corrected chi connectivity index (χ2v) is 11.1. The Bertz CT molecular complexity index is 495.